The predicted octanol–water partition coefficient (Wildman–Crippen LogP) is 1.52. The van der Waals surface area contributed by atoms with Gasteiger partial charge >= 0.3 is 0 Å². The highest BCUT2D eigenvalue weighted by molar-refractivity contribution is 5.20. The lowest BCUT2D eigenvalue weighted by Gasteiger charge is -2.56. The van der Waals surface area contributed by atoms with E-state index >= 15 is 0 Å². The number of hydrogen-bond donors (Lipinski definition) is 3. The summed E-state index contributed by atoms with van der Waals surface area (Å²) < 4.78 is 31.5. The minimum atomic E-state index is -0.962. The van der Waals surface area contributed by atoms with Crippen LogP contribution in [-0.4, -0.2) is 42.1 Å². The van der Waals surface area contributed by atoms with Gasteiger partial charge in [0.05, 0.1) is 12.2 Å². The normalized spacial score (nSPS) is 28.4. The molecule has 22 heavy (non-hydrogen) atoms. The van der Waals surface area contributed by atoms with E-state index in [1.165, 1.54) is 6.07 Å². The summed E-state index contributed by atoms with van der Waals surface area (Å²) in [5, 5.41) is 23.5. The molecule has 3 atom stereocenters. The second-order valence-electron chi connectivity index (χ2n) is 6.25. The number of nitrogens with one attached hydrogen (secondary N) is 1. The summed E-state index contributed by atoms with van der Waals surface area (Å²) in [6.07, 6.45) is 0.990. The van der Waals surface area contributed by atoms with E-state index in [-0.39, 0.29) is 24.1 Å². The number of rotatable bonds is 4. The van der Waals surface area contributed by atoms with Crippen LogP contribution < -0.4 is 5.32 Å². The van der Waals surface area contributed by atoms with Gasteiger partial charge in [0.1, 0.15) is 0 Å². The molecule has 1 aliphatic heterocycles. The Bertz CT molecular complexity index is 534. The van der Waals surface area contributed by atoms with Crippen LogP contribution in [0.4, 0.5) is 8.78 Å². The fourth-order valence-electron chi connectivity index (χ4n) is 3.58. The van der Waals surface area contributed by atoms with Gasteiger partial charge in [-0.2, -0.15) is 0 Å². The molecule has 0 aromatic heterocycles. The van der Waals surface area contributed by atoms with Crippen molar-refractivity contribution in [2.75, 3.05) is 19.8 Å². The smallest absolute Gasteiger partial charge is 0.159 e. The summed E-state index contributed by atoms with van der Waals surface area (Å²) in [6.45, 7) is 1.52. The van der Waals surface area contributed by atoms with Gasteiger partial charge in [0.15, 0.2) is 11.6 Å². The average molecular weight is 313 g/mol. The highest BCUT2D eigenvalue weighted by atomic mass is 19.2. The first-order chi connectivity index (χ1) is 10.5. The van der Waals surface area contributed by atoms with Crippen molar-refractivity contribution in [2.24, 2.45) is 5.41 Å². The van der Waals surface area contributed by atoms with Crippen molar-refractivity contribution in [2.45, 2.75) is 37.5 Å². The predicted molar refractivity (Wildman–Crippen MR) is 76.2 cm³/mol. The highest BCUT2D eigenvalue weighted by Gasteiger charge is 2.54. The fourth-order valence-corrected chi connectivity index (χ4v) is 3.58. The van der Waals surface area contributed by atoms with E-state index in [1.807, 2.05) is 0 Å². The van der Waals surface area contributed by atoms with Crippen molar-refractivity contribution >= 4 is 0 Å². The molecule has 1 heterocycles. The minimum absolute atomic E-state index is 0.117. The zero-order valence-electron chi connectivity index (χ0n) is 12.3. The first kappa shape index (κ1) is 15.8. The monoisotopic (exact) mass is 313 g/mol. The number of benzene rings is 1. The van der Waals surface area contributed by atoms with Crippen LogP contribution in [0.2, 0.25) is 0 Å². The van der Waals surface area contributed by atoms with Crippen LogP contribution in [0.15, 0.2) is 18.2 Å². The van der Waals surface area contributed by atoms with Gasteiger partial charge in [-0.05, 0) is 37.0 Å². The van der Waals surface area contributed by atoms with Crippen molar-refractivity contribution in [1.29, 1.82) is 0 Å². The van der Waals surface area contributed by atoms with Gasteiger partial charge in [-0.1, -0.05) is 6.07 Å². The van der Waals surface area contributed by atoms with Crippen LogP contribution in [0.25, 0.3) is 0 Å². The lowest BCUT2D eigenvalue weighted by Crippen LogP contribution is -2.65. The van der Waals surface area contributed by atoms with Crippen LogP contribution in [0.5, 0.6) is 0 Å². The van der Waals surface area contributed by atoms with Crippen molar-refractivity contribution in [3.05, 3.63) is 35.4 Å². The molecule has 1 aliphatic carbocycles. The topological polar surface area (TPSA) is 61.7 Å². The molecule has 3 N–H and O–H groups in total. The van der Waals surface area contributed by atoms with Crippen molar-refractivity contribution < 1.29 is 23.7 Å². The van der Waals surface area contributed by atoms with Crippen molar-refractivity contribution in [1.82, 2.24) is 5.32 Å². The standard InChI is InChI=1S/C16H21F2NO3/c17-11-2-1-10(7-12(11)18)13(20)9-19-14-8-15(21)16(14)3-5-22-6-4-16/h1-2,7,13-15,19-21H,3-6,8-9H2/t13?,14-,15-/m1/s1. The summed E-state index contributed by atoms with van der Waals surface area (Å²) in [6, 6.07) is 3.53. The molecule has 1 aromatic rings. The molecule has 2 fully saturated rings. The summed E-state index contributed by atoms with van der Waals surface area (Å²) in [5.74, 6) is -1.89. The highest BCUT2D eigenvalue weighted by Crippen LogP contribution is 2.49. The Labute approximate surface area is 128 Å². The Morgan fingerprint density at radius 3 is 2.64 bits per heavy atom. The van der Waals surface area contributed by atoms with Crippen LogP contribution in [0.1, 0.15) is 30.9 Å². The molecule has 0 amide bonds. The molecule has 4 nitrogen and oxygen atoms in total. The van der Waals surface area contributed by atoms with E-state index < -0.39 is 17.7 Å². The van der Waals surface area contributed by atoms with Gasteiger partial charge in [0.2, 0.25) is 0 Å². The van der Waals surface area contributed by atoms with Crippen LogP contribution >= 0.6 is 0 Å². The van der Waals surface area contributed by atoms with E-state index in [4.69, 9.17) is 4.74 Å². The number of aliphatic hydroxyl groups excluding tert-OH is 2. The largest absolute Gasteiger partial charge is 0.392 e. The summed E-state index contributed by atoms with van der Waals surface area (Å²) in [4.78, 5) is 0. The zero-order valence-corrected chi connectivity index (χ0v) is 12.3. The number of hydrogen-bond acceptors (Lipinski definition) is 4. The lowest BCUT2D eigenvalue weighted by molar-refractivity contribution is -0.149. The van der Waals surface area contributed by atoms with Crippen molar-refractivity contribution in [3.63, 3.8) is 0 Å². The third-order valence-electron chi connectivity index (χ3n) is 5.13. The number of aliphatic hydroxyl groups is 2. The molecule has 0 bridgehead atoms. The summed E-state index contributed by atoms with van der Waals surface area (Å²) in [5.41, 5.74) is 0.166. The quantitative estimate of drug-likeness (QED) is 0.789. The van der Waals surface area contributed by atoms with Crippen LogP contribution in [0.3, 0.4) is 0 Å². The maximum atomic E-state index is 13.2. The maximum absolute atomic E-state index is 13.2. The first-order valence-corrected chi connectivity index (χ1v) is 7.65. The number of halogens is 2. The second-order valence-corrected chi connectivity index (χ2v) is 6.25. The molecular formula is C16H21F2NO3. The molecule has 3 rings (SSSR count). The van der Waals surface area contributed by atoms with E-state index in [2.05, 4.69) is 5.32 Å². The van der Waals surface area contributed by atoms with Gasteiger partial charge in [-0.25, -0.2) is 8.78 Å². The number of ether oxygens (including phenoxy) is 1. The summed E-state index contributed by atoms with van der Waals surface area (Å²) in [7, 11) is 0. The van der Waals surface area contributed by atoms with Crippen LogP contribution in [0, 0.1) is 17.0 Å². The molecule has 1 unspecified atom stereocenters. The van der Waals surface area contributed by atoms with E-state index in [9.17, 15) is 19.0 Å². The van der Waals surface area contributed by atoms with Gasteiger partial charge in [-0.15, -0.1) is 0 Å². The first-order valence-electron chi connectivity index (χ1n) is 7.65. The van der Waals surface area contributed by atoms with E-state index in [1.54, 1.807) is 0 Å². The van der Waals surface area contributed by atoms with Gasteiger partial charge in [-0.3, -0.25) is 0 Å². The maximum Gasteiger partial charge on any atom is 0.159 e. The van der Waals surface area contributed by atoms with Gasteiger partial charge in [0.25, 0.3) is 0 Å². The Hall–Kier alpha value is -1.08. The fraction of sp³-hybridized carbons (Fsp3) is 0.625. The second kappa shape index (κ2) is 6.20. The molecule has 1 saturated carbocycles. The molecule has 122 valence electrons. The molecule has 1 aromatic carbocycles. The van der Waals surface area contributed by atoms with Crippen LogP contribution in [-0.2, 0) is 4.74 Å². The van der Waals surface area contributed by atoms with Gasteiger partial charge in [0, 0.05) is 31.2 Å². The Kier molecular flexibility index (Phi) is 4.45. The minimum Gasteiger partial charge on any atom is -0.392 e. The molecule has 1 spiro atoms. The van der Waals surface area contributed by atoms with Gasteiger partial charge < -0.3 is 20.3 Å². The van der Waals surface area contributed by atoms with E-state index in [0.29, 0.717) is 25.2 Å². The SMILES string of the molecule is OC(CN[C@@H]1C[C@@H](O)C12CCOCC2)c1ccc(F)c(F)c1. The zero-order chi connectivity index (χ0) is 15.7. The molecular weight excluding hydrogens is 292 g/mol. The summed E-state index contributed by atoms with van der Waals surface area (Å²) >= 11 is 0. The third-order valence-corrected chi connectivity index (χ3v) is 5.13. The van der Waals surface area contributed by atoms with Crippen molar-refractivity contribution in [3.8, 4) is 0 Å². The third kappa shape index (κ3) is 2.76. The Morgan fingerprint density at radius 1 is 1.27 bits per heavy atom. The lowest BCUT2D eigenvalue weighted by atomic mass is 9.58. The molecule has 2 aliphatic rings. The average Bonchev–Trinajstić information content (AvgIpc) is 2.54. The van der Waals surface area contributed by atoms with E-state index in [0.717, 1.165) is 25.0 Å². The molecule has 0 radical (unpaired) electrons. The molecule has 1 saturated heterocycles. The molecule has 6 heteroatoms. The Morgan fingerprint density at radius 2 is 2.00 bits per heavy atom. The Balaban J connectivity index is 1.59.